The van der Waals surface area contributed by atoms with Gasteiger partial charge in [-0.2, -0.15) is 18.3 Å². The molecule has 1 atom stereocenters. The Kier molecular flexibility index (Phi) is 5.77. The summed E-state index contributed by atoms with van der Waals surface area (Å²) in [6.07, 6.45) is 2.98. The summed E-state index contributed by atoms with van der Waals surface area (Å²) in [4.78, 5) is 4.31. The molecular weight excluding hydrogens is 437 g/mol. The van der Waals surface area contributed by atoms with E-state index in [0.717, 1.165) is 35.2 Å². The number of ether oxygens (including phenoxy) is 1. The highest BCUT2D eigenvalue weighted by molar-refractivity contribution is 5.81. The Morgan fingerprint density at radius 1 is 1.21 bits per heavy atom. The summed E-state index contributed by atoms with van der Waals surface area (Å²) < 4.78 is 47.2. The molecule has 0 spiro atoms. The van der Waals surface area contributed by atoms with Crippen molar-refractivity contribution in [2.24, 2.45) is 0 Å². The molecule has 0 unspecified atom stereocenters. The van der Waals surface area contributed by atoms with E-state index in [1.54, 1.807) is 16.9 Å². The Bertz CT molecular complexity index is 1120. The highest BCUT2D eigenvalue weighted by Crippen LogP contribution is 2.38. The highest BCUT2D eigenvalue weighted by atomic mass is 19.4. The first-order valence-electron chi connectivity index (χ1n) is 11.3. The third-order valence-corrected chi connectivity index (χ3v) is 6.48. The van der Waals surface area contributed by atoms with Crippen molar-refractivity contribution in [1.29, 1.82) is 0 Å². The van der Waals surface area contributed by atoms with Gasteiger partial charge in [-0.15, -0.1) is 5.10 Å². The second-order valence-corrected chi connectivity index (χ2v) is 9.13. The van der Waals surface area contributed by atoms with Gasteiger partial charge < -0.3 is 15.2 Å². The van der Waals surface area contributed by atoms with Crippen molar-refractivity contribution in [2.45, 2.75) is 69.3 Å². The van der Waals surface area contributed by atoms with E-state index >= 15 is 0 Å². The zero-order valence-electron chi connectivity index (χ0n) is 18.3. The number of rotatable bonds is 6. The van der Waals surface area contributed by atoms with E-state index in [4.69, 9.17) is 4.74 Å². The second kappa shape index (κ2) is 8.60. The minimum Gasteiger partial charge on any atom is -0.393 e. The Morgan fingerprint density at radius 2 is 1.97 bits per heavy atom. The lowest BCUT2D eigenvalue weighted by atomic mass is 9.85. The molecule has 4 heterocycles. The number of nitrogens with zero attached hydrogens (tertiary/aromatic N) is 5. The Labute approximate surface area is 188 Å². The molecule has 0 bridgehead atoms. The lowest BCUT2D eigenvalue weighted by Crippen LogP contribution is -2.30. The number of hydrogen-bond acceptors (Lipinski definition) is 6. The molecule has 8 nitrogen and oxygen atoms in total. The highest BCUT2D eigenvalue weighted by Gasteiger charge is 2.31. The van der Waals surface area contributed by atoms with E-state index in [2.05, 4.69) is 26.6 Å². The Morgan fingerprint density at radius 3 is 2.64 bits per heavy atom. The predicted octanol–water partition coefficient (Wildman–Crippen LogP) is 3.94. The van der Waals surface area contributed by atoms with E-state index in [0.29, 0.717) is 26.1 Å². The van der Waals surface area contributed by atoms with Crippen molar-refractivity contribution >= 4 is 11.5 Å². The number of anilines is 1. The van der Waals surface area contributed by atoms with Crippen LogP contribution in [0.3, 0.4) is 0 Å². The van der Waals surface area contributed by atoms with Crippen LogP contribution in [-0.2, 0) is 4.74 Å². The molecule has 1 saturated heterocycles. The van der Waals surface area contributed by atoms with Crippen LogP contribution in [0.5, 0.6) is 0 Å². The largest absolute Gasteiger partial charge is 0.393 e. The summed E-state index contributed by atoms with van der Waals surface area (Å²) in [5.74, 6) is 0.348. The minimum absolute atomic E-state index is 0.154. The molecule has 11 heteroatoms. The van der Waals surface area contributed by atoms with Crippen LogP contribution in [0.15, 0.2) is 24.7 Å². The van der Waals surface area contributed by atoms with Gasteiger partial charge in [0.1, 0.15) is 0 Å². The van der Waals surface area contributed by atoms with Crippen LogP contribution in [0.25, 0.3) is 16.6 Å². The third-order valence-electron chi connectivity index (χ3n) is 6.48. The first-order chi connectivity index (χ1) is 15.8. The van der Waals surface area contributed by atoms with Gasteiger partial charge in [0.15, 0.2) is 0 Å². The SMILES string of the molecule is C[C@@H](CC(F)(F)F)Nc1ncc2c(-c3cnn(C4COC4)c3)cc([C@H]3CC[C@H](O)CC3)n2n1. The molecule has 178 valence electrons. The average molecular weight is 464 g/mol. The van der Waals surface area contributed by atoms with Crippen LogP contribution in [0.1, 0.15) is 56.7 Å². The maximum absolute atomic E-state index is 12.8. The molecule has 0 radical (unpaired) electrons. The molecule has 0 amide bonds. The van der Waals surface area contributed by atoms with Gasteiger partial charge in [-0.05, 0) is 38.7 Å². The summed E-state index contributed by atoms with van der Waals surface area (Å²) >= 11 is 0. The molecule has 1 aliphatic carbocycles. The van der Waals surface area contributed by atoms with Gasteiger partial charge in [-0.3, -0.25) is 4.68 Å². The van der Waals surface area contributed by atoms with E-state index in [1.807, 2.05) is 10.9 Å². The van der Waals surface area contributed by atoms with Gasteiger partial charge in [0.2, 0.25) is 5.95 Å². The van der Waals surface area contributed by atoms with Crippen molar-refractivity contribution in [3.63, 3.8) is 0 Å². The predicted molar refractivity (Wildman–Crippen MR) is 115 cm³/mol. The van der Waals surface area contributed by atoms with Gasteiger partial charge in [0, 0.05) is 35.0 Å². The van der Waals surface area contributed by atoms with Crippen molar-refractivity contribution in [2.75, 3.05) is 18.5 Å². The quantitative estimate of drug-likeness (QED) is 0.575. The molecule has 0 aromatic carbocycles. The van der Waals surface area contributed by atoms with Gasteiger partial charge in [0.05, 0.1) is 49.7 Å². The molecule has 5 rings (SSSR count). The molecule has 3 aromatic rings. The summed E-state index contributed by atoms with van der Waals surface area (Å²) in [5, 5.41) is 21.8. The molecule has 3 aromatic heterocycles. The van der Waals surface area contributed by atoms with E-state index in [-0.39, 0.29) is 24.0 Å². The number of fused-ring (bicyclic) bond motifs is 1. The van der Waals surface area contributed by atoms with E-state index < -0.39 is 18.6 Å². The molecule has 2 N–H and O–H groups in total. The molecule has 1 aliphatic heterocycles. The van der Waals surface area contributed by atoms with Crippen LogP contribution < -0.4 is 5.32 Å². The Balaban J connectivity index is 1.50. The number of aliphatic hydroxyl groups is 1. The zero-order chi connectivity index (χ0) is 23.2. The fourth-order valence-corrected chi connectivity index (χ4v) is 4.65. The second-order valence-electron chi connectivity index (χ2n) is 9.13. The lowest BCUT2D eigenvalue weighted by molar-refractivity contribution is -0.136. The summed E-state index contributed by atoms with van der Waals surface area (Å²) in [6.45, 7) is 2.74. The summed E-state index contributed by atoms with van der Waals surface area (Å²) in [7, 11) is 0. The van der Waals surface area contributed by atoms with Crippen molar-refractivity contribution < 1.29 is 23.0 Å². The first-order valence-corrected chi connectivity index (χ1v) is 11.3. The van der Waals surface area contributed by atoms with E-state index in [9.17, 15) is 18.3 Å². The maximum Gasteiger partial charge on any atom is 0.391 e. The number of aromatic nitrogens is 5. The normalized spacial score (nSPS) is 22.9. The van der Waals surface area contributed by atoms with Crippen LogP contribution in [0.2, 0.25) is 0 Å². The standard InChI is InChI=1S/C22H27F3N6O2/c1-13(7-22(23,24)25)28-21-26-9-20-18(15-8-27-30(10-15)16-11-33-12-16)6-19(31(20)29-21)14-2-4-17(32)5-3-14/h6,8-10,13-14,16-17,32H,2-5,7,11-12H2,1H3,(H,28,29)/t13-,14-,17-/m0/s1. The third kappa shape index (κ3) is 4.70. The zero-order valence-corrected chi connectivity index (χ0v) is 18.3. The van der Waals surface area contributed by atoms with Gasteiger partial charge in [-0.25, -0.2) is 9.50 Å². The lowest BCUT2D eigenvalue weighted by Gasteiger charge is -2.25. The van der Waals surface area contributed by atoms with Crippen molar-refractivity contribution in [3.8, 4) is 11.1 Å². The molecule has 2 aliphatic rings. The van der Waals surface area contributed by atoms with E-state index in [1.165, 1.54) is 6.92 Å². The number of alkyl halides is 3. The molecule has 1 saturated carbocycles. The van der Waals surface area contributed by atoms with Gasteiger partial charge >= 0.3 is 6.18 Å². The summed E-state index contributed by atoms with van der Waals surface area (Å²) in [5.41, 5.74) is 3.60. The van der Waals surface area contributed by atoms with Crippen LogP contribution in [0, 0.1) is 0 Å². The molecular formula is C22H27F3N6O2. The molecule has 2 fully saturated rings. The molecule has 33 heavy (non-hydrogen) atoms. The number of aliphatic hydroxyl groups excluding tert-OH is 1. The topological polar surface area (TPSA) is 89.5 Å². The number of hydrogen-bond donors (Lipinski definition) is 2. The number of nitrogens with one attached hydrogen (secondary N) is 1. The Hall–Kier alpha value is -2.66. The van der Waals surface area contributed by atoms with Crippen LogP contribution >= 0.6 is 0 Å². The average Bonchev–Trinajstić information content (AvgIpc) is 3.30. The van der Waals surface area contributed by atoms with Gasteiger partial charge in [0.25, 0.3) is 0 Å². The van der Waals surface area contributed by atoms with Gasteiger partial charge in [-0.1, -0.05) is 0 Å². The maximum atomic E-state index is 12.8. The van der Waals surface area contributed by atoms with Crippen LogP contribution in [-0.4, -0.2) is 61.0 Å². The minimum atomic E-state index is -4.27. The fraction of sp³-hybridized carbons (Fsp3) is 0.591. The summed E-state index contributed by atoms with van der Waals surface area (Å²) in [6, 6.07) is 1.45. The fourth-order valence-electron chi connectivity index (χ4n) is 4.65. The monoisotopic (exact) mass is 464 g/mol. The number of halogens is 3. The smallest absolute Gasteiger partial charge is 0.391 e. The van der Waals surface area contributed by atoms with Crippen LogP contribution in [0.4, 0.5) is 19.1 Å². The van der Waals surface area contributed by atoms with Crippen molar-refractivity contribution in [1.82, 2.24) is 24.4 Å². The first kappa shape index (κ1) is 22.1. The van der Waals surface area contributed by atoms with Crippen molar-refractivity contribution in [3.05, 3.63) is 30.4 Å².